The van der Waals surface area contributed by atoms with Gasteiger partial charge in [0.2, 0.25) is 0 Å². The summed E-state index contributed by atoms with van der Waals surface area (Å²) in [6.45, 7) is 2.25. The maximum Gasteiger partial charge on any atom is 0.139 e. The molecule has 136 valence electrons. The van der Waals surface area contributed by atoms with E-state index in [4.69, 9.17) is 13.9 Å². The van der Waals surface area contributed by atoms with Gasteiger partial charge in [-0.05, 0) is 46.7 Å². The highest BCUT2D eigenvalue weighted by Gasteiger charge is 2.24. The lowest BCUT2D eigenvalue weighted by Gasteiger charge is -2.34. The standard InChI is InChI=1S/C22H20N2O3/c1-25-18-5-4-15-12-17(3-2-16(15)13-18)21-14-24(9-11-27-21)22-19-7-10-26-20(19)6-8-23-22/h2-8,10,12-13,21H,9,11,14H2,1H3/t21-/m0/s1. The zero-order valence-corrected chi connectivity index (χ0v) is 15.1. The maximum absolute atomic E-state index is 6.09. The van der Waals surface area contributed by atoms with E-state index in [0.29, 0.717) is 6.61 Å². The molecule has 4 aromatic rings. The molecule has 27 heavy (non-hydrogen) atoms. The molecule has 0 saturated carbocycles. The Bertz CT molecular complexity index is 1110. The second kappa shape index (κ2) is 6.59. The van der Waals surface area contributed by atoms with Gasteiger partial charge in [-0.3, -0.25) is 0 Å². The van der Waals surface area contributed by atoms with Crippen molar-refractivity contribution in [2.45, 2.75) is 6.10 Å². The molecule has 0 spiro atoms. The number of anilines is 1. The molecule has 1 aliphatic rings. The van der Waals surface area contributed by atoms with Crippen LogP contribution < -0.4 is 9.64 Å². The van der Waals surface area contributed by atoms with E-state index in [0.717, 1.165) is 41.0 Å². The number of nitrogens with zero attached hydrogens (tertiary/aromatic N) is 2. The molecule has 0 bridgehead atoms. The third-order valence-corrected chi connectivity index (χ3v) is 5.17. The highest BCUT2D eigenvalue weighted by molar-refractivity contribution is 5.88. The van der Waals surface area contributed by atoms with Gasteiger partial charge >= 0.3 is 0 Å². The van der Waals surface area contributed by atoms with Crippen LogP contribution in [-0.4, -0.2) is 31.8 Å². The Labute approximate surface area is 157 Å². The van der Waals surface area contributed by atoms with Gasteiger partial charge in [0.15, 0.2) is 0 Å². The summed E-state index contributed by atoms with van der Waals surface area (Å²) in [6.07, 6.45) is 3.52. The van der Waals surface area contributed by atoms with Crippen molar-refractivity contribution in [2.75, 3.05) is 31.7 Å². The molecule has 2 aromatic heterocycles. The first-order valence-corrected chi connectivity index (χ1v) is 9.08. The Morgan fingerprint density at radius 2 is 1.96 bits per heavy atom. The lowest BCUT2D eigenvalue weighted by molar-refractivity contribution is 0.0397. The average Bonchev–Trinajstić information content (AvgIpc) is 3.22. The fourth-order valence-corrected chi connectivity index (χ4v) is 3.74. The number of hydrogen-bond donors (Lipinski definition) is 0. The maximum atomic E-state index is 6.09. The summed E-state index contributed by atoms with van der Waals surface area (Å²) in [6, 6.07) is 16.5. The molecule has 5 rings (SSSR count). The number of ether oxygens (including phenoxy) is 2. The fraction of sp³-hybridized carbons (Fsp3) is 0.227. The normalized spacial score (nSPS) is 17.5. The van der Waals surface area contributed by atoms with Gasteiger partial charge in [-0.1, -0.05) is 18.2 Å². The predicted octanol–water partition coefficient (Wildman–Crippen LogP) is 4.57. The molecular formula is C22H20N2O3. The van der Waals surface area contributed by atoms with Gasteiger partial charge in [0.1, 0.15) is 23.3 Å². The Kier molecular flexibility index (Phi) is 3.94. The lowest BCUT2D eigenvalue weighted by Crippen LogP contribution is -2.38. The molecule has 0 aliphatic carbocycles. The highest BCUT2D eigenvalue weighted by atomic mass is 16.5. The number of fused-ring (bicyclic) bond motifs is 2. The predicted molar refractivity (Wildman–Crippen MR) is 105 cm³/mol. The van der Waals surface area contributed by atoms with Crippen LogP contribution in [0.3, 0.4) is 0 Å². The number of furan rings is 1. The van der Waals surface area contributed by atoms with E-state index in [1.165, 1.54) is 10.9 Å². The van der Waals surface area contributed by atoms with Crippen LogP contribution in [-0.2, 0) is 4.74 Å². The zero-order chi connectivity index (χ0) is 18.2. The van der Waals surface area contributed by atoms with E-state index < -0.39 is 0 Å². The quantitative estimate of drug-likeness (QED) is 0.536. The molecule has 1 fully saturated rings. The summed E-state index contributed by atoms with van der Waals surface area (Å²) >= 11 is 0. The molecule has 0 unspecified atom stereocenters. The number of hydrogen-bond acceptors (Lipinski definition) is 5. The van der Waals surface area contributed by atoms with Crippen molar-refractivity contribution in [1.82, 2.24) is 4.98 Å². The smallest absolute Gasteiger partial charge is 0.139 e. The fourth-order valence-electron chi connectivity index (χ4n) is 3.74. The van der Waals surface area contributed by atoms with E-state index in [1.807, 2.05) is 18.2 Å². The Hall–Kier alpha value is -3.05. The van der Waals surface area contributed by atoms with Crippen LogP contribution in [0.2, 0.25) is 0 Å². The van der Waals surface area contributed by atoms with Crippen molar-refractivity contribution < 1.29 is 13.9 Å². The first kappa shape index (κ1) is 16.1. The molecule has 1 aliphatic heterocycles. The van der Waals surface area contributed by atoms with Gasteiger partial charge in [0.25, 0.3) is 0 Å². The van der Waals surface area contributed by atoms with Crippen molar-refractivity contribution in [1.29, 1.82) is 0 Å². The summed E-state index contributed by atoms with van der Waals surface area (Å²) < 4.78 is 16.9. The third-order valence-electron chi connectivity index (χ3n) is 5.17. The molecule has 2 aromatic carbocycles. The minimum absolute atomic E-state index is 0.00853. The first-order chi connectivity index (χ1) is 13.3. The second-order valence-electron chi connectivity index (χ2n) is 6.74. The third kappa shape index (κ3) is 2.90. The van der Waals surface area contributed by atoms with Crippen molar-refractivity contribution in [3.05, 3.63) is 66.6 Å². The van der Waals surface area contributed by atoms with Crippen LogP contribution in [0.15, 0.2) is 65.4 Å². The molecule has 5 heteroatoms. The summed E-state index contributed by atoms with van der Waals surface area (Å²) in [4.78, 5) is 6.88. The van der Waals surface area contributed by atoms with Gasteiger partial charge < -0.3 is 18.8 Å². The number of rotatable bonds is 3. The molecule has 0 N–H and O–H groups in total. The highest BCUT2D eigenvalue weighted by Crippen LogP contribution is 2.31. The summed E-state index contributed by atoms with van der Waals surface area (Å²) in [5, 5.41) is 3.39. The summed E-state index contributed by atoms with van der Waals surface area (Å²) in [5.41, 5.74) is 2.04. The minimum atomic E-state index is 0.00853. The Balaban J connectivity index is 1.45. The second-order valence-corrected chi connectivity index (χ2v) is 6.74. The Morgan fingerprint density at radius 1 is 1.07 bits per heavy atom. The SMILES string of the molecule is COc1ccc2cc([C@@H]3CN(c4nccc5occc45)CCO3)ccc2c1. The van der Waals surface area contributed by atoms with E-state index in [9.17, 15) is 0 Å². The minimum Gasteiger partial charge on any atom is -0.497 e. The topological polar surface area (TPSA) is 47.7 Å². The number of aromatic nitrogens is 1. The zero-order valence-electron chi connectivity index (χ0n) is 15.1. The van der Waals surface area contributed by atoms with Crippen molar-refractivity contribution in [3.8, 4) is 5.75 Å². The van der Waals surface area contributed by atoms with Crippen LogP contribution in [0.5, 0.6) is 5.75 Å². The van der Waals surface area contributed by atoms with E-state index in [-0.39, 0.29) is 6.10 Å². The van der Waals surface area contributed by atoms with Gasteiger partial charge in [-0.2, -0.15) is 0 Å². The van der Waals surface area contributed by atoms with Crippen LogP contribution in [0.25, 0.3) is 21.7 Å². The number of methoxy groups -OCH3 is 1. The monoisotopic (exact) mass is 360 g/mol. The first-order valence-electron chi connectivity index (χ1n) is 9.08. The summed E-state index contributed by atoms with van der Waals surface area (Å²) in [5.74, 6) is 1.83. The number of morpholine rings is 1. The van der Waals surface area contributed by atoms with Crippen LogP contribution in [0, 0.1) is 0 Å². The molecule has 1 saturated heterocycles. The van der Waals surface area contributed by atoms with Gasteiger partial charge in [-0.25, -0.2) is 4.98 Å². The van der Waals surface area contributed by atoms with Crippen LogP contribution in [0.4, 0.5) is 5.82 Å². The van der Waals surface area contributed by atoms with Gasteiger partial charge in [-0.15, -0.1) is 0 Å². The van der Waals surface area contributed by atoms with Crippen molar-refractivity contribution in [3.63, 3.8) is 0 Å². The molecule has 0 radical (unpaired) electrons. The van der Waals surface area contributed by atoms with Crippen LogP contribution >= 0.6 is 0 Å². The van der Waals surface area contributed by atoms with E-state index >= 15 is 0 Å². The van der Waals surface area contributed by atoms with Gasteiger partial charge in [0, 0.05) is 19.3 Å². The van der Waals surface area contributed by atoms with Crippen molar-refractivity contribution in [2.24, 2.45) is 0 Å². The van der Waals surface area contributed by atoms with Crippen LogP contribution in [0.1, 0.15) is 11.7 Å². The van der Waals surface area contributed by atoms with Gasteiger partial charge in [0.05, 0.1) is 25.4 Å². The lowest BCUT2D eigenvalue weighted by atomic mass is 10.0. The Morgan fingerprint density at radius 3 is 2.89 bits per heavy atom. The number of pyridine rings is 1. The molecular weight excluding hydrogens is 340 g/mol. The van der Waals surface area contributed by atoms with E-state index in [1.54, 1.807) is 19.6 Å². The van der Waals surface area contributed by atoms with E-state index in [2.05, 4.69) is 40.2 Å². The van der Waals surface area contributed by atoms with Crippen molar-refractivity contribution >= 4 is 27.6 Å². The molecule has 5 nitrogen and oxygen atoms in total. The molecule has 3 heterocycles. The average molecular weight is 360 g/mol. The summed E-state index contributed by atoms with van der Waals surface area (Å²) in [7, 11) is 1.69. The number of benzene rings is 2. The molecule has 0 amide bonds. The molecule has 1 atom stereocenters. The largest absolute Gasteiger partial charge is 0.497 e.